The fourth-order valence-corrected chi connectivity index (χ4v) is 3.86. The van der Waals surface area contributed by atoms with Crippen molar-refractivity contribution in [3.63, 3.8) is 0 Å². The molecule has 136 valence electrons. The zero-order valence-corrected chi connectivity index (χ0v) is 14.5. The number of hydrogen-bond donors (Lipinski definition) is 0. The van der Waals surface area contributed by atoms with Gasteiger partial charge in [0.1, 0.15) is 5.69 Å². The van der Waals surface area contributed by atoms with Crippen LogP contribution in [0.5, 0.6) is 5.75 Å². The van der Waals surface area contributed by atoms with Crippen LogP contribution >= 0.6 is 0 Å². The van der Waals surface area contributed by atoms with Crippen LogP contribution in [0.15, 0.2) is 23.3 Å². The van der Waals surface area contributed by atoms with Crippen molar-refractivity contribution in [2.75, 3.05) is 23.0 Å². The highest BCUT2D eigenvalue weighted by atomic mass is 19.1. The first-order valence-corrected chi connectivity index (χ1v) is 8.91. The largest absolute Gasteiger partial charge is 0.479 e. The average molecular weight is 358 g/mol. The van der Waals surface area contributed by atoms with Crippen molar-refractivity contribution >= 4 is 29.1 Å². The second-order valence-electron chi connectivity index (χ2n) is 6.69. The van der Waals surface area contributed by atoms with Crippen LogP contribution in [-0.4, -0.2) is 30.9 Å². The van der Waals surface area contributed by atoms with E-state index in [2.05, 4.69) is 0 Å². The van der Waals surface area contributed by atoms with Crippen LogP contribution in [0.4, 0.5) is 15.8 Å². The first-order chi connectivity index (χ1) is 12.5. The van der Waals surface area contributed by atoms with Crippen LogP contribution < -0.4 is 14.5 Å². The van der Waals surface area contributed by atoms with E-state index in [1.807, 2.05) is 6.92 Å². The van der Waals surface area contributed by atoms with Gasteiger partial charge in [-0.05, 0) is 44.2 Å². The summed E-state index contributed by atoms with van der Waals surface area (Å²) in [5.74, 6) is -1.80. The molecule has 0 atom stereocenters. The third-order valence-electron chi connectivity index (χ3n) is 5.05. The monoisotopic (exact) mass is 358 g/mol. The summed E-state index contributed by atoms with van der Waals surface area (Å²) in [4.78, 5) is 40.2. The highest BCUT2D eigenvalue weighted by Crippen LogP contribution is 2.46. The van der Waals surface area contributed by atoms with Gasteiger partial charge in [0.05, 0.1) is 5.69 Å². The second kappa shape index (κ2) is 6.23. The number of ether oxygens (including phenoxy) is 1. The van der Waals surface area contributed by atoms with E-state index in [9.17, 15) is 18.8 Å². The molecule has 1 aromatic carbocycles. The molecule has 7 heteroatoms. The maximum absolute atomic E-state index is 14.7. The molecule has 1 aromatic rings. The van der Waals surface area contributed by atoms with E-state index in [-0.39, 0.29) is 24.0 Å². The van der Waals surface area contributed by atoms with Gasteiger partial charge in [-0.1, -0.05) is 6.92 Å². The van der Waals surface area contributed by atoms with Crippen LogP contribution in [-0.2, 0) is 14.4 Å². The lowest BCUT2D eigenvalue weighted by atomic mass is 9.93. The zero-order valence-electron chi connectivity index (χ0n) is 14.5. The number of halogens is 1. The number of hydrogen-bond acceptors (Lipinski definition) is 4. The third kappa shape index (κ3) is 2.34. The summed E-state index contributed by atoms with van der Waals surface area (Å²) < 4.78 is 20.2. The molecule has 6 nitrogen and oxygen atoms in total. The molecular formula is C19H19FN2O4. The molecule has 1 aliphatic carbocycles. The van der Waals surface area contributed by atoms with E-state index < -0.39 is 17.6 Å². The molecule has 2 heterocycles. The highest BCUT2D eigenvalue weighted by molar-refractivity contribution is 6.33. The normalized spacial score (nSPS) is 19.7. The lowest BCUT2D eigenvalue weighted by Gasteiger charge is -2.32. The van der Waals surface area contributed by atoms with Crippen molar-refractivity contribution in [3.05, 3.63) is 29.1 Å². The lowest BCUT2D eigenvalue weighted by Crippen LogP contribution is -2.41. The number of rotatable bonds is 3. The van der Waals surface area contributed by atoms with Gasteiger partial charge in [-0.2, -0.15) is 0 Å². The Kier molecular flexibility index (Phi) is 4.01. The average Bonchev–Trinajstić information content (AvgIpc) is 2.89. The summed E-state index contributed by atoms with van der Waals surface area (Å²) in [6.45, 7) is 2.14. The molecule has 2 aliphatic heterocycles. The predicted molar refractivity (Wildman–Crippen MR) is 92.5 cm³/mol. The zero-order chi connectivity index (χ0) is 18.4. The minimum Gasteiger partial charge on any atom is -0.479 e. The first-order valence-electron chi connectivity index (χ1n) is 8.91. The van der Waals surface area contributed by atoms with E-state index in [4.69, 9.17) is 4.74 Å². The fraction of sp³-hybridized carbons (Fsp3) is 0.421. The highest BCUT2D eigenvalue weighted by Gasteiger charge is 2.43. The Balaban J connectivity index is 1.82. The van der Waals surface area contributed by atoms with Crippen LogP contribution in [0, 0.1) is 5.82 Å². The molecule has 0 radical (unpaired) electrons. The van der Waals surface area contributed by atoms with Crippen molar-refractivity contribution < 1.29 is 23.5 Å². The Bertz CT molecular complexity index is 833. The molecule has 0 saturated carbocycles. The Morgan fingerprint density at radius 2 is 1.73 bits per heavy atom. The lowest BCUT2D eigenvalue weighted by molar-refractivity contribution is -0.121. The molecule has 0 N–H and O–H groups in total. The standard InChI is InChI=1S/C19H19FN2O4/c1-2-9-21-14-8-7-13(20)16(17(14)26-10-15(21)23)22-18(24)11-5-3-4-6-12(11)19(22)25/h7-8H,2-6,9-10H2,1H3. The van der Waals surface area contributed by atoms with Gasteiger partial charge in [-0.3, -0.25) is 14.4 Å². The number of fused-ring (bicyclic) bond motifs is 1. The summed E-state index contributed by atoms with van der Waals surface area (Å²) in [5.41, 5.74) is 1.18. The third-order valence-corrected chi connectivity index (χ3v) is 5.05. The molecule has 3 amide bonds. The molecule has 3 aliphatic rings. The van der Waals surface area contributed by atoms with Gasteiger partial charge >= 0.3 is 0 Å². The van der Waals surface area contributed by atoms with Crippen molar-refractivity contribution in [1.29, 1.82) is 0 Å². The van der Waals surface area contributed by atoms with Gasteiger partial charge in [0, 0.05) is 17.7 Å². The Hall–Kier alpha value is -2.70. The molecule has 4 rings (SSSR count). The second-order valence-corrected chi connectivity index (χ2v) is 6.69. The van der Waals surface area contributed by atoms with Crippen LogP contribution in [0.2, 0.25) is 0 Å². The molecule has 0 aromatic heterocycles. The van der Waals surface area contributed by atoms with Crippen molar-refractivity contribution in [1.82, 2.24) is 0 Å². The molecular weight excluding hydrogens is 339 g/mol. The van der Waals surface area contributed by atoms with E-state index in [0.717, 1.165) is 24.2 Å². The Morgan fingerprint density at radius 1 is 1.08 bits per heavy atom. The number of nitrogens with zero attached hydrogens (tertiary/aromatic N) is 2. The fourth-order valence-electron chi connectivity index (χ4n) is 3.86. The molecule has 0 unspecified atom stereocenters. The van der Waals surface area contributed by atoms with Gasteiger partial charge in [0.2, 0.25) is 0 Å². The van der Waals surface area contributed by atoms with Crippen molar-refractivity contribution in [3.8, 4) is 5.75 Å². The Labute approximate surface area is 150 Å². The summed E-state index contributed by atoms with van der Waals surface area (Å²) in [7, 11) is 0. The maximum Gasteiger partial charge on any atom is 0.265 e. The van der Waals surface area contributed by atoms with E-state index in [1.165, 1.54) is 17.0 Å². The molecule has 0 spiro atoms. The van der Waals surface area contributed by atoms with E-state index in [1.54, 1.807) is 0 Å². The smallest absolute Gasteiger partial charge is 0.265 e. The summed E-state index contributed by atoms with van der Waals surface area (Å²) in [6.07, 6.45) is 3.48. The van der Waals surface area contributed by atoms with Gasteiger partial charge in [-0.25, -0.2) is 9.29 Å². The quantitative estimate of drug-likeness (QED) is 0.779. The van der Waals surface area contributed by atoms with Gasteiger partial charge in [-0.15, -0.1) is 0 Å². The number of carbonyl (C=O) groups excluding carboxylic acids is 3. The maximum atomic E-state index is 14.7. The molecule has 26 heavy (non-hydrogen) atoms. The van der Waals surface area contributed by atoms with Gasteiger partial charge in [0.25, 0.3) is 17.7 Å². The van der Waals surface area contributed by atoms with Crippen molar-refractivity contribution in [2.24, 2.45) is 0 Å². The number of amides is 3. The Morgan fingerprint density at radius 3 is 2.35 bits per heavy atom. The molecule has 0 saturated heterocycles. The summed E-state index contributed by atoms with van der Waals surface area (Å²) in [6, 6.07) is 2.63. The topological polar surface area (TPSA) is 66.9 Å². The molecule has 0 fully saturated rings. The van der Waals surface area contributed by atoms with Crippen molar-refractivity contribution in [2.45, 2.75) is 39.0 Å². The van der Waals surface area contributed by atoms with Crippen LogP contribution in [0.1, 0.15) is 39.0 Å². The SMILES string of the molecule is CCCN1C(=O)COc2c1ccc(F)c2N1C(=O)C2=C(CCCC2)C1=O. The number of imide groups is 1. The minimum atomic E-state index is -0.712. The van der Waals surface area contributed by atoms with E-state index >= 15 is 0 Å². The van der Waals surface area contributed by atoms with Gasteiger partial charge in [0.15, 0.2) is 18.2 Å². The van der Waals surface area contributed by atoms with Crippen LogP contribution in [0.3, 0.4) is 0 Å². The number of benzene rings is 1. The summed E-state index contributed by atoms with van der Waals surface area (Å²) >= 11 is 0. The number of anilines is 2. The van der Waals surface area contributed by atoms with Gasteiger partial charge < -0.3 is 9.64 Å². The summed E-state index contributed by atoms with van der Waals surface area (Å²) in [5, 5.41) is 0. The minimum absolute atomic E-state index is 0.0830. The predicted octanol–water partition coefficient (Wildman–Crippen LogP) is 2.70. The number of carbonyl (C=O) groups is 3. The molecule has 0 bridgehead atoms. The van der Waals surface area contributed by atoms with E-state index in [0.29, 0.717) is 36.2 Å². The van der Waals surface area contributed by atoms with Crippen LogP contribution in [0.25, 0.3) is 0 Å². The first kappa shape index (κ1) is 16.8.